The highest BCUT2D eigenvalue weighted by atomic mass is 79.9. The molecule has 3 rings (SSSR count). The molecule has 1 amide bonds. The number of allylic oxidation sites excluding steroid dienone is 1. The summed E-state index contributed by atoms with van der Waals surface area (Å²) in [5.74, 6) is 1.22. The van der Waals surface area contributed by atoms with Crippen molar-refractivity contribution in [3.05, 3.63) is 62.5 Å². The Labute approximate surface area is 188 Å². The molecule has 0 unspecified atom stereocenters. The molecule has 1 aromatic carbocycles. The van der Waals surface area contributed by atoms with Gasteiger partial charge in [-0.25, -0.2) is 9.97 Å². The van der Waals surface area contributed by atoms with Gasteiger partial charge in [-0.15, -0.1) is 0 Å². The van der Waals surface area contributed by atoms with Crippen LogP contribution in [0.3, 0.4) is 0 Å². The highest BCUT2D eigenvalue weighted by Gasteiger charge is 2.25. The topological polar surface area (TPSA) is 84.4 Å². The van der Waals surface area contributed by atoms with Crippen molar-refractivity contribution >= 4 is 44.5 Å². The van der Waals surface area contributed by atoms with E-state index in [4.69, 9.17) is 4.74 Å². The van der Waals surface area contributed by atoms with Crippen molar-refractivity contribution in [2.45, 2.75) is 26.8 Å². The van der Waals surface area contributed by atoms with Gasteiger partial charge in [0.2, 0.25) is 11.0 Å². The Bertz CT molecular complexity index is 996. The lowest BCUT2D eigenvalue weighted by molar-refractivity contribution is -0.127. The molecule has 0 spiro atoms. The Kier molecular flexibility index (Phi) is 7.63. The number of carbonyl (C=O) groups is 2. The average Bonchev–Trinajstić information content (AvgIpc) is 2.89. The molecule has 1 N–H and O–H groups in total. The molecular formula is C21H23BrN4O3S. The second-order valence-corrected chi connectivity index (χ2v) is 8.76. The van der Waals surface area contributed by atoms with E-state index in [1.165, 1.54) is 0 Å². The maximum Gasteiger partial charge on any atom is 0.246 e. The third kappa shape index (κ3) is 5.47. The zero-order valence-electron chi connectivity index (χ0n) is 17.1. The van der Waals surface area contributed by atoms with E-state index in [0.717, 1.165) is 32.4 Å². The Balaban J connectivity index is 1.91. The number of methoxy groups -OCH3 is 1. The molecule has 0 radical (unpaired) electrons. The van der Waals surface area contributed by atoms with Crippen LogP contribution in [-0.2, 0) is 16.1 Å². The summed E-state index contributed by atoms with van der Waals surface area (Å²) in [5, 5.41) is 3.01. The molecule has 0 saturated heterocycles. The van der Waals surface area contributed by atoms with E-state index in [1.54, 1.807) is 30.3 Å². The van der Waals surface area contributed by atoms with Gasteiger partial charge in [0.25, 0.3) is 0 Å². The van der Waals surface area contributed by atoms with Gasteiger partial charge in [0.15, 0.2) is 0 Å². The maximum atomic E-state index is 12.9. The zero-order valence-corrected chi connectivity index (χ0v) is 19.5. The van der Waals surface area contributed by atoms with Crippen molar-refractivity contribution in [2.75, 3.05) is 25.6 Å². The molecule has 7 nitrogen and oxygen atoms in total. The summed E-state index contributed by atoms with van der Waals surface area (Å²) in [6.07, 6.45) is 2.26. The lowest BCUT2D eigenvalue weighted by atomic mass is 10.2. The van der Waals surface area contributed by atoms with E-state index in [1.807, 2.05) is 26.0 Å². The fourth-order valence-electron chi connectivity index (χ4n) is 3.02. The molecule has 30 heavy (non-hydrogen) atoms. The molecule has 1 aliphatic heterocycles. The van der Waals surface area contributed by atoms with Gasteiger partial charge in [0.1, 0.15) is 11.6 Å². The minimum absolute atomic E-state index is 0.0819. The first kappa shape index (κ1) is 22.5. The average molecular weight is 491 g/mol. The maximum absolute atomic E-state index is 12.9. The third-order valence-electron chi connectivity index (χ3n) is 4.64. The number of hydrogen-bond donors (Lipinski definition) is 1. The lowest BCUT2D eigenvalue weighted by Gasteiger charge is -2.24. The molecule has 0 aliphatic carbocycles. The summed E-state index contributed by atoms with van der Waals surface area (Å²) in [7, 11) is 1.62. The third-order valence-corrected chi connectivity index (χ3v) is 6.30. The van der Waals surface area contributed by atoms with Crippen LogP contribution in [0.15, 0.2) is 45.5 Å². The van der Waals surface area contributed by atoms with E-state index < -0.39 is 0 Å². The lowest BCUT2D eigenvalue weighted by Crippen LogP contribution is -2.32. The number of nitrogens with zero attached hydrogens (tertiary/aromatic N) is 3. The second-order valence-electron chi connectivity index (χ2n) is 6.78. The Morgan fingerprint density at radius 2 is 2.20 bits per heavy atom. The van der Waals surface area contributed by atoms with Crippen LogP contribution in [-0.4, -0.2) is 46.2 Å². The van der Waals surface area contributed by atoms with Crippen molar-refractivity contribution in [3.8, 4) is 0 Å². The predicted octanol–water partition coefficient (Wildman–Crippen LogP) is 4.14. The van der Waals surface area contributed by atoms with Gasteiger partial charge in [-0.2, -0.15) is 0 Å². The number of ether oxygens (including phenoxy) is 1. The van der Waals surface area contributed by atoms with Crippen LogP contribution in [0, 0.1) is 6.92 Å². The zero-order chi connectivity index (χ0) is 21.7. The second kappa shape index (κ2) is 10.2. The summed E-state index contributed by atoms with van der Waals surface area (Å²) in [4.78, 5) is 36.8. The number of aryl methyl sites for hydroxylation is 1. The first-order chi connectivity index (χ1) is 14.4. The number of aromatic nitrogens is 2. The minimum Gasteiger partial charge on any atom is -0.384 e. The first-order valence-electron chi connectivity index (χ1n) is 9.42. The number of benzene rings is 1. The SMILES string of the molecule is COCC/C(SC(=O)c1cccc(Br)c1)=C(\C)N1Cc2cnc(C)nc2NCC1=O. The standard InChI is InChI=1S/C21H23BrN4O3S/c1-13(26-12-16-10-23-14(2)25-20(16)24-11-19(26)27)18(7-8-29-3)30-21(28)15-5-4-6-17(22)9-15/h4-6,9-10H,7-8,11-12H2,1-3H3,(H,23,24,25)/b18-13-. The minimum atomic E-state index is -0.0893. The molecule has 9 heteroatoms. The predicted molar refractivity (Wildman–Crippen MR) is 121 cm³/mol. The van der Waals surface area contributed by atoms with Crippen LogP contribution in [0.4, 0.5) is 5.82 Å². The van der Waals surface area contributed by atoms with Crippen LogP contribution in [0.5, 0.6) is 0 Å². The Hall–Kier alpha value is -2.23. The highest BCUT2D eigenvalue weighted by molar-refractivity contribution is 9.10. The van der Waals surface area contributed by atoms with Crippen molar-refractivity contribution in [3.63, 3.8) is 0 Å². The van der Waals surface area contributed by atoms with Gasteiger partial charge in [-0.3, -0.25) is 9.59 Å². The van der Waals surface area contributed by atoms with E-state index in [9.17, 15) is 9.59 Å². The van der Waals surface area contributed by atoms with Gasteiger partial charge in [-0.05, 0) is 37.7 Å². The van der Waals surface area contributed by atoms with Crippen LogP contribution >= 0.6 is 27.7 Å². The molecule has 1 aromatic heterocycles. The van der Waals surface area contributed by atoms with Crippen LogP contribution in [0.2, 0.25) is 0 Å². The summed E-state index contributed by atoms with van der Waals surface area (Å²) in [5.41, 5.74) is 2.16. The van der Waals surface area contributed by atoms with Crippen LogP contribution < -0.4 is 5.32 Å². The van der Waals surface area contributed by atoms with Gasteiger partial charge < -0.3 is 15.0 Å². The normalized spacial score (nSPS) is 14.5. The largest absolute Gasteiger partial charge is 0.384 e. The summed E-state index contributed by atoms with van der Waals surface area (Å²) in [6.45, 7) is 4.59. The van der Waals surface area contributed by atoms with Crippen LogP contribution in [0.1, 0.15) is 35.1 Å². The van der Waals surface area contributed by atoms with Crippen molar-refractivity contribution in [1.29, 1.82) is 0 Å². The smallest absolute Gasteiger partial charge is 0.246 e. The number of rotatable bonds is 6. The van der Waals surface area contributed by atoms with Gasteiger partial charge in [-0.1, -0.05) is 28.1 Å². The Morgan fingerprint density at radius 3 is 2.93 bits per heavy atom. The number of fused-ring (bicyclic) bond motifs is 1. The first-order valence-corrected chi connectivity index (χ1v) is 11.0. The number of amides is 1. The van der Waals surface area contributed by atoms with Crippen molar-refractivity contribution in [2.24, 2.45) is 0 Å². The number of hydrogen-bond acceptors (Lipinski definition) is 7. The van der Waals surface area contributed by atoms with Gasteiger partial charge >= 0.3 is 0 Å². The number of nitrogens with one attached hydrogen (secondary N) is 1. The van der Waals surface area contributed by atoms with Gasteiger partial charge in [0.05, 0.1) is 19.7 Å². The summed E-state index contributed by atoms with van der Waals surface area (Å²) in [6, 6.07) is 7.26. The number of thioether (sulfide) groups is 1. The quantitative estimate of drug-likeness (QED) is 0.650. The monoisotopic (exact) mass is 490 g/mol. The van der Waals surface area contributed by atoms with Gasteiger partial charge in [0, 0.05) is 45.9 Å². The molecule has 158 valence electrons. The van der Waals surface area contributed by atoms with E-state index in [2.05, 4.69) is 31.2 Å². The van der Waals surface area contributed by atoms with E-state index in [0.29, 0.717) is 36.8 Å². The molecule has 0 fully saturated rings. The Morgan fingerprint density at radius 1 is 1.40 bits per heavy atom. The number of halogens is 1. The summed E-state index contributed by atoms with van der Waals surface area (Å²) >= 11 is 4.54. The number of carbonyl (C=O) groups excluding carboxylic acids is 2. The molecule has 0 bridgehead atoms. The van der Waals surface area contributed by atoms with Crippen molar-refractivity contribution in [1.82, 2.24) is 14.9 Å². The highest BCUT2D eigenvalue weighted by Crippen LogP contribution is 2.31. The number of anilines is 1. The van der Waals surface area contributed by atoms with E-state index in [-0.39, 0.29) is 17.6 Å². The van der Waals surface area contributed by atoms with Crippen LogP contribution in [0.25, 0.3) is 0 Å². The molecule has 0 saturated carbocycles. The van der Waals surface area contributed by atoms with E-state index >= 15 is 0 Å². The fraction of sp³-hybridized carbons (Fsp3) is 0.333. The molecule has 2 heterocycles. The summed E-state index contributed by atoms with van der Waals surface area (Å²) < 4.78 is 6.08. The molecular weight excluding hydrogens is 468 g/mol. The molecule has 0 atom stereocenters. The molecule has 2 aromatic rings. The molecule has 1 aliphatic rings. The van der Waals surface area contributed by atoms with Crippen molar-refractivity contribution < 1.29 is 14.3 Å². The fourth-order valence-corrected chi connectivity index (χ4v) is 4.33.